The van der Waals surface area contributed by atoms with Crippen molar-refractivity contribution in [3.05, 3.63) is 97.2 Å². The second kappa shape index (κ2) is 61.1. The van der Waals surface area contributed by atoms with Gasteiger partial charge in [0.25, 0.3) is 0 Å². The van der Waals surface area contributed by atoms with E-state index in [2.05, 4.69) is 111 Å². The molecule has 2 unspecified atom stereocenters. The highest BCUT2D eigenvalue weighted by atomic mass is 31.2. The minimum atomic E-state index is -4.39. The molecule has 9 nitrogen and oxygen atoms in total. The van der Waals surface area contributed by atoms with Gasteiger partial charge in [-0.15, -0.1) is 0 Å². The zero-order valence-electron chi connectivity index (χ0n) is 49.0. The van der Waals surface area contributed by atoms with Crippen molar-refractivity contribution in [1.82, 2.24) is 0 Å². The summed E-state index contributed by atoms with van der Waals surface area (Å²) in [6, 6.07) is 0. The summed E-state index contributed by atoms with van der Waals surface area (Å²) in [5.41, 5.74) is 5.38. The molecule has 0 aromatic carbocycles. The lowest BCUT2D eigenvalue weighted by molar-refractivity contribution is -0.161. The Labute approximate surface area is 467 Å². The molecule has 0 rings (SSSR count). The molecular weight excluding hydrogens is 966 g/mol. The van der Waals surface area contributed by atoms with Gasteiger partial charge in [0.15, 0.2) is 6.10 Å². The second-order valence-corrected chi connectivity index (χ2v) is 22.0. The summed E-state index contributed by atoms with van der Waals surface area (Å²) in [5, 5.41) is 0. The molecule has 0 fully saturated rings. The quantitative estimate of drug-likeness (QED) is 0.0264. The predicted octanol–water partition coefficient (Wildman–Crippen LogP) is 20.0. The average Bonchev–Trinajstić information content (AvgIpc) is 3.41. The SMILES string of the molecule is CC/C=C\C/C=C\C/C=C\C/C=C\C/C=C\C/C=C\CCCCCCCCCCCCCCCCCCCCCCC(=O)OC(COC(=O)CCCCCCC/C=C\C/C=C\CCCCCC)COP(=O)(O)OCCN. The van der Waals surface area contributed by atoms with Crippen LogP contribution in [0.1, 0.15) is 277 Å². The Morgan fingerprint density at radius 1 is 0.408 bits per heavy atom. The fourth-order valence-electron chi connectivity index (χ4n) is 8.61. The molecule has 0 saturated carbocycles. The van der Waals surface area contributed by atoms with E-state index in [0.29, 0.717) is 12.8 Å². The van der Waals surface area contributed by atoms with Crippen LogP contribution in [0.3, 0.4) is 0 Å². The predicted molar refractivity (Wildman–Crippen MR) is 325 cm³/mol. The van der Waals surface area contributed by atoms with Crippen molar-refractivity contribution < 1.29 is 37.6 Å². The first-order valence-electron chi connectivity index (χ1n) is 31.2. The molecule has 0 aliphatic rings. The number of hydrogen-bond acceptors (Lipinski definition) is 8. The van der Waals surface area contributed by atoms with Crippen molar-refractivity contribution in [2.75, 3.05) is 26.4 Å². The molecule has 76 heavy (non-hydrogen) atoms. The van der Waals surface area contributed by atoms with Gasteiger partial charge in [-0.05, 0) is 96.3 Å². The topological polar surface area (TPSA) is 134 Å². The van der Waals surface area contributed by atoms with E-state index in [9.17, 15) is 19.0 Å². The Kier molecular flexibility index (Phi) is 58.7. The smallest absolute Gasteiger partial charge is 0.462 e. The van der Waals surface area contributed by atoms with E-state index in [1.807, 2.05) is 0 Å². The number of esters is 2. The normalized spacial score (nSPS) is 13.7. The molecule has 438 valence electrons. The van der Waals surface area contributed by atoms with Crippen LogP contribution in [0.4, 0.5) is 0 Å². The summed E-state index contributed by atoms with van der Waals surface area (Å²) in [7, 11) is -4.39. The number of phosphoric acid groups is 1. The number of carbonyl (C=O) groups is 2. The van der Waals surface area contributed by atoms with E-state index in [4.69, 9.17) is 24.3 Å². The second-order valence-electron chi connectivity index (χ2n) is 20.5. The van der Waals surface area contributed by atoms with Gasteiger partial charge >= 0.3 is 19.8 Å². The van der Waals surface area contributed by atoms with E-state index >= 15 is 0 Å². The molecular formula is C66H116NO8P. The van der Waals surface area contributed by atoms with Gasteiger partial charge in [0.05, 0.1) is 13.2 Å². The first-order valence-corrected chi connectivity index (χ1v) is 32.7. The fraction of sp³-hybridized carbons (Fsp3) is 0.727. The van der Waals surface area contributed by atoms with Gasteiger partial charge in [-0.25, -0.2) is 4.57 Å². The van der Waals surface area contributed by atoms with Crippen LogP contribution < -0.4 is 5.73 Å². The third kappa shape index (κ3) is 60.2. The number of phosphoric ester groups is 1. The Morgan fingerprint density at radius 2 is 0.724 bits per heavy atom. The van der Waals surface area contributed by atoms with Crippen LogP contribution in [0, 0.1) is 0 Å². The molecule has 0 spiro atoms. The number of rotatable bonds is 58. The fourth-order valence-corrected chi connectivity index (χ4v) is 9.38. The first kappa shape index (κ1) is 72.9. The Balaban J connectivity index is 3.84. The highest BCUT2D eigenvalue weighted by molar-refractivity contribution is 7.47. The van der Waals surface area contributed by atoms with Gasteiger partial charge in [0.2, 0.25) is 0 Å². The number of unbranched alkanes of at least 4 members (excludes halogenated alkanes) is 29. The monoisotopic (exact) mass is 1080 g/mol. The zero-order chi connectivity index (χ0) is 55.2. The van der Waals surface area contributed by atoms with Crippen molar-refractivity contribution in [2.45, 2.75) is 283 Å². The van der Waals surface area contributed by atoms with Crippen LogP contribution in [0.15, 0.2) is 97.2 Å². The minimum absolute atomic E-state index is 0.0496. The Hall–Kier alpha value is -3.07. The third-order valence-corrected chi connectivity index (χ3v) is 14.2. The van der Waals surface area contributed by atoms with Gasteiger partial charge in [-0.3, -0.25) is 18.6 Å². The molecule has 2 atom stereocenters. The molecule has 0 saturated heterocycles. The molecule has 0 radical (unpaired) electrons. The maximum Gasteiger partial charge on any atom is 0.472 e. The molecule has 0 aliphatic heterocycles. The van der Waals surface area contributed by atoms with E-state index in [-0.39, 0.29) is 32.6 Å². The van der Waals surface area contributed by atoms with Crippen LogP contribution in [0.25, 0.3) is 0 Å². The van der Waals surface area contributed by atoms with Gasteiger partial charge < -0.3 is 20.1 Å². The van der Waals surface area contributed by atoms with Crippen LogP contribution in [-0.4, -0.2) is 49.3 Å². The van der Waals surface area contributed by atoms with E-state index in [1.165, 1.54) is 141 Å². The average molecular weight is 1080 g/mol. The molecule has 3 N–H and O–H groups in total. The minimum Gasteiger partial charge on any atom is -0.462 e. The first-order chi connectivity index (χ1) is 37.3. The largest absolute Gasteiger partial charge is 0.472 e. The van der Waals surface area contributed by atoms with Crippen molar-refractivity contribution >= 4 is 19.8 Å². The number of nitrogens with two attached hydrogens (primary N) is 1. The molecule has 0 amide bonds. The van der Waals surface area contributed by atoms with Crippen LogP contribution in [0.2, 0.25) is 0 Å². The maximum atomic E-state index is 12.7. The van der Waals surface area contributed by atoms with Gasteiger partial charge in [0, 0.05) is 19.4 Å². The zero-order valence-corrected chi connectivity index (χ0v) is 49.9. The van der Waals surface area contributed by atoms with E-state index < -0.39 is 32.5 Å². The van der Waals surface area contributed by atoms with E-state index in [1.54, 1.807) is 0 Å². The number of hydrogen-bond donors (Lipinski definition) is 2. The number of ether oxygens (including phenoxy) is 2. The maximum absolute atomic E-state index is 12.7. The standard InChI is InChI=1S/C66H116NO8P/c1-3-5-7-9-11-13-15-17-19-21-22-23-24-25-26-27-28-29-30-31-32-33-34-35-36-37-38-39-40-41-42-43-45-47-49-51-53-55-57-59-66(69)75-64(63-74-76(70,71)73-61-60-67)62-72-65(68)58-56-54-52-50-48-46-44-20-18-16-14-12-10-8-6-4-2/h5,7,11,13-14,16-17,19-20,22-23,25-26,28-29,44,64H,3-4,6,8-10,12,15,18,21,24,27,30-43,45-63,67H2,1-2H3,(H,70,71)/b7-5-,13-11-,16-14-,19-17-,23-22-,26-25-,29-28-,44-20-. The van der Waals surface area contributed by atoms with Crippen molar-refractivity contribution in [2.24, 2.45) is 5.73 Å². The van der Waals surface area contributed by atoms with Crippen molar-refractivity contribution in [3.63, 3.8) is 0 Å². The third-order valence-electron chi connectivity index (χ3n) is 13.2. The molecule has 0 aromatic rings. The molecule has 0 bridgehead atoms. The summed E-state index contributed by atoms with van der Waals surface area (Å²) in [4.78, 5) is 35.2. The molecule has 0 heterocycles. The van der Waals surface area contributed by atoms with E-state index in [0.717, 1.165) is 96.3 Å². The van der Waals surface area contributed by atoms with Crippen molar-refractivity contribution in [3.8, 4) is 0 Å². The molecule has 0 aromatic heterocycles. The lowest BCUT2D eigenvalue weighted by atomic mass is 10.0. The Bertz CT molecular complexity index is 1560. The lowest BCUT2D eigenvalue weighted by Crippen LogP contribution is -2.29. The molecule has 0 aliphatic carbocycles. The highest BCUT2D eigenvalue weighted by Crippen LogP contribution is 2.43. The number of allylic oxidation sites excluding steroid dienone is 16. The van der Waals surface area contributed by atoms with Gasteiger partial charge in [0.1, 0.15) is 6.61 Å². The molecule has 10 heteroatoms. The summed E-state index contributed by atoms with van der Waals surface area (Å²) in [6.45, 7) is 3.61. The number of carbonyl (C=O) groups excluding carboxylic acids is 2. The van der Waals surface area contributed by atoms with Crippen LogP contribution >= 0.6 is 7.82 Å². The summed E-state index contributed by atoms with van der Waals surface area (Å²) in [6.07, 6.45) is 82.0. The lowest BCUT2D eigenvalue weighted by Gasteiger charge is -2.19. The van der Waals surface area contributed by atoms with Gasteiger partial charge in [-0.1, -0.05) is 265 Å². The van der Waals surface area contributed by atoms with Crippen molar-refractivity contribution in [1.29, 1.82) is 0 Å². The Morgan fingerprint density at radius 3 is 1.08 bits per heavy atom. The summed E-state index contributed by atoms with van der Waals surface area (Å²) in [5.74, 6) is -0.838. The van der Waals surface area contributed by atoms with Gasteiger partial charge in [-0.2, -0.15) is 0 Å². The summed E-state index contributed by atoms with van der Waals surface area (Å²) < 4.78 is 33.0. The highest BCUT2D eigenvalue weighted by Gasteiger charge is 2.26. The van der Waals surface area contributed by atoms with Crippen LogP contribution in [-0.2, 0) is 32.7 Å². The van der Waals surface area contributed by atoms with Crippen LogP contribution in [0.5, 0.6) is 0 Å². The summed E-state index contributed by atoms with van der Waals surface area (Å²) >= 11 is 0.